The highest BCUT2D eigenvalue weighted by molar-refractivity contribution is 5.94. The van der Waals surface area contributed by atoms with Gasteiger partial charge in [-0.25, -0.2) is 13.2 Å². The lowest BCUT2D eigenvalue weighted by Gasteiger charge is -2.16. The van der Waals surface area contributed by atoms with Gasteiger partial charge in [-0.15, -0.1) is 0 Å². The van der Waals surface area contributed by atoms with Crippen LogP contribution >= 0.6 is 0 Å². The molecule has 1 N–H and O–H groups in total. The van der Waals surface area contributed by atoms with E-state index in [2.05, 4.69) is 5.32 Å². The maximum absolute atomic E-state index is 13.6. The van der Waals surface area contributed by atoms with E-state index in [1.165, 1.54) is 31.2 Å². The molecule has 0 aliphatic carbocycles. The molecule has 110 valence electrons. The summed E-state index contributed by atoms with van der Waals surface area (Å²) in [7, 11) is 0. The fourth-order valence-electron chi connectivity index (χ4n) is 2.08. The third-order valence-electron chi connectivity index (χ3n) is 3.15. The molecule has 0 spiro atoms. The summed E-state index contributed by atoms with van der Waals surface area (Å²) in [4.78, 5) is 12.0. The fraction of sp³-hybridized carbons (Fsp3) is 0.188. The lowest BCUT2D eigenvalue weighted by atomic mass is 10.1. The van der Waals surface area contributed by atoms with Gasteiger partial charge in [0.25, 0.3) is 5.91 Å². The minimum atomic E-state index is -0.918. The number of amides is 1. The Hall–Kier alpha value is -2.30. The first-order chi connectivity index (χ1) is 9.90. The molecule has 0 saturated heterocycles. The van der Waals surface area contributed by atoms with Crippen LogP contribution in [0.15, 0.2) is 36.4 Å². The van der Waals surface area contributed by atoms with Crippen molar-refractivity contribution in [3.05, 3.63) is 70.5 Å². The molecule has 0 heterocycles. The Balaban J connectivity index is 2.25. The highest BCUT2D eigenvalue weighted by Crippen LogP contribution is 2.21. The number of nitrogens with one attached hydrogen (secondary N) is 1. The van der Waals surface area contributed by atoms with Crippen LogP contribution in [0.1, 0.15) is 34.5 Å². The number of aryl methyl sites for hydroxylation is 1. The Morgan fingerprint density at radius 2 is 1.67 bits per heavy atom. The van der Waals surface area contributed by atoms with Crippen LogP contribution in [-0.4, -0.2) is 5.91 Å². The Bertz CT molecular complexity index is 665. The molecule has 0 saturated carbocycles. The number of halogens is 3. The largest absolute Gasteiger partial charge is 0.345 e. The van der Waals surface area contributed by atoms with Gasteiger partial charge in [-0.05, 0) is 38.1 Å². The molecule has 0 bridgehead atoms. The van der Waals surface area contributed by atoms with Crippen LogP contribution in [-0.2, 0) is 0 Å². The molecule has 1 unspecified atom stereocenters. The molecule has 2 rings (SSSR count). The summed E-state index contributed by atoms with van der Waals surface area (Å²) in [6.45, 7) is 3.16. The second-order valence-corrected chi connectivity index (χ2v) is 4.81. The Morgan fingerprint density at radius 1 is 1.05 bits per heavy atom. The van der Waals surface area contributed by atoms with Gasteiger partial charge in [0.15, 0.2) is 0 Å². The number of carbonyl (C=O) groups excluding carboxylic acids is 1. The van der Waals surface area contributed by atoms with Crippen molar-refractivity contribution >= 4 is 5.91 Å². The average molecular weight is 293 g/mol. The molecule has 0 aliphatic rings. The van der Waals surface area contributed by atoms with E-state index < -0.39 is 29.4 Å². The monoisotopic (exact) mass is 293 g/mol. The van der Waals surface area contributed by atoms with Crippen molar-refractivity contribution in [1.29, 1.82) is 0 Å². The van der Waals surface area contributed by atoms with Crippen molar-refractivity contribution in [1.82, 2.24) is 5.32 Å². The van der Waals surface area contributed by atoms with Gasteiger partial charge in [-0.1, -0.05) is 17.7 Å². The number of hydrogen-bond donors (Lipinski definition) is 1. The van der Waals surface area contributed by atoms with Crippen LogP contribution in [0.4, 0.5) is 13.2 Å². The maximum atomic E-state index is 13.6. The molecule has 0 radical (unpaired) electrons. The van der Waals surface area contributed by atoms with Gasteiger partial charge < -0.3 is 5.32 Å². The minimum absolute atomic E-state index is 0.154. The number of hydrogen-bond acceptors (Lipinski definition) is 1. The molecule has 21 heavy (non-hydrogen) atoms. The molecule has 1 amide bonds. The van der Waals surface area contributed by atoms with Crippen molar-refractivity contribution in [2.75, 3.05) is 0 Å². The Labute approximate surface area is 120 Å². The quantitative estimate of drug-likeness (QED) is 0.913. The predicted molar refractivity (Wildman–Crippen MR) is 73.4 cm³/mol. The highest BCUT2D eigenvalue weighted by Gasteiger charge is 2.20. The van der Waals surface area contributed by atoms with E-state index >= 15 is 0 Å². The zero-order valence-electron chi connectivity index (χ0n) is 11.6. The van der Waals surface area contributed by atoms with Gasteiger partial charge in [0.2, 0.25) is 0 Å². The van der Waals surface area contributed by atoms with Gasteiger partial charge in [-0.3, -0.25) is 4.79 Å². The number of rotatable bonds is 3. The number of benzene rings is 2. The van der Waals surface area contributed by atoms with Crippen molar-refractivity contribution in [3.63, 3.8) is 0 Å². The molecule has 2 aromatic rings. The lowest BCUT2D eigenvalue weighted by molar-refractivity contribution is 0.0934. The molecule has 0 aromatic heterocycles. The van der Waals surface area contributed by atoms with Crippen molar-refractivity contribution < 1.29 is 18.0 Å². The Kier molecular flexibility index (Phi) is 4.31. The van der Waals surface area contributed by atoms with Crippen LogP contribution in [0.5, 0.6) is 0 Å². The van der Waals surface area contributed by atoms with Crippen molar-refractivity contribution in [2.24, 2.45) is 0 Å². The van der Waals surface area contributed by atoms with Gasteiger partial charge in [0, 0.05) is 5.56 Å². The highest BCUT2D eigenvalue weighted by atomic mass is 19.1. The summed E-state index contributed by atoms with van der Waals surface area (Å²) < 4.78 is 40.9. The molecular formula is C16H14F3NO. The lowest BCUT2D eigenvalue weighted by Crippen LogP contribution is -2.28. The van der Waals surface area contributed by atoms with E-state index in [4.69, 9.17) is 0 Å². The standard InChI is InChI=1S/C16H14F3NO/c1-9-6-7-12(17)11(8-9)16(21)20-10(2)15-13(18)4-3-5-14(15)19/h3-8,10H,1-2H3,(H,20,21). The minimum Gasteiger partial charge on any atom is -0.345 e. The summed E-state index contributed by atoms with van der Waals surface area (Å²) in [6.07, 6.45) is 0. The molecule has 0 aliphatic heterocycles. The zero-order chi connectivity index (χ0) is 15.6. The summed E-state index contributed by atoms with van der Waals surface area (Å²) in [5.41, 5.74) is 0.309. The average Bonchev–Trinajstić information content (AvgIpc) is 2.41. The van der Waals surface area contributed by atoms with E-state index in [1.807, 2.05) is 0 Å². The van der Waals surface area contributed by atoms with Gasteiger partial charge in [0.1, 0.15) is 17.5 Å². The molecule has 0 fully saturated rings. The normalized spacial score (nSPS) is 12.0. The first-order valence-electron chi connectivity index (χ1n) is 6.41. The van der Waals surface area contributed by atoms with E-state index in [1.54, 1.807) is 6.92 Å². The van der Waals surface area contributed by atoms with Crippen LogP contribution in [0.3, 0.4) is 0 Å². The smallest absolute Gasteiger partial charge is 0.254 e. The summed E-state index contributed by atoms with van der Waals surface area (Å²) >= 11 is 0. The van der Waals surface area contributed by atoms with Crippen molar-refractivity contribution in [3.8, 4) is 0 Å². The van der Waals surface area contributed by atoms with Crippen LogP contribution in [0.2, 0.25) is 0 Å². The van der Waals surface area contributed by atoms with Gasteiger partial charge >= 0.3 is 0 Å². The third-order valence-corrected chi connectivity index (χ3v) is 3.15. The summed E-state index contributed by atoms with van der Waals surface area (Å²) in [5.74, 6) is -2.91. The molecular weight excluding hydrogens is 279 g/mol. The predicted octanol–water partition coefficient (Wildman–Crippen LogP) is 3.90. The van der Waals surface area contributed by atoms with E-state index in [9.17, 15) is 18.0 Å². The zero-order valence-corrected chi connectivity index (χ0v) is 11.6. The number of carbonyl (C=O) groups is 1. The molecule has 2 aromatic carbocycles. The molecule has 5 heteroatoms. The van der Waals surface area contributed by atoms with Gasteiger partial charge in [0.05, 0.1) is 11.6 Å². The Morgan fingerprint density at radius 3 is 2.29 bits per heavy atom. The third kappa shape index (κ3) is 3.24. The molecule has 2 nitrogen and oxygen atoms in total. The van der Waals surface area contributed by atoms with Crippen molar-refractivity contribution in [2.45, 2.75) is 19.9 Å². The van der Waals surface area contributed by atoms with E-state index in [-0.39, 0.29) is 11.1 Å². The topological polar surface area (TPSA) is 29.1 Å². The SMILES string of the molecule is Cc1ccc(F)c(C(=O)NC(C)c2c(F)cccc2F)c1. The molecule has 1 atom stereocenters. The van der Waals surface area contributed by atoms with Gasteiger partial charge in [-0.2, -0.15) is 0 Å². The van der Waals surface area contributed by atoms with Crippen LogP contribution in [0.25, 0.3) is 0 Å². The van der Waals surface area contributed by atoms with E-state index in [0.29, 0.717) is 5.56 Å². The second-order valence-electron chi connectivity index (χ2n) is 4.81. The fourth-order valence-corrected chi connectivity index (χ4v) is 2.08. The van der Waals surface area contributed by atoms with Crippen LogP contribution in [0, 0.1) is 24.4 Å². The first-order valence-corrected chi connectivity index (χ1v) is 6.41. The van der Waals surface area contributed by atoms with E-state index in [0.717, 1.165) is 12.1 Å². The first kappa shape index (κ1) is 15.1. The van der Waals surface area contributed by atoms with Crippen LogP contribution < -0.4 is 5.32 Å². The summed E-state index contributed by atoms with van der Waals surface area (Å²) in [6, 6.07) is 6.63. The maximum Gasteiger partial charge on any atom is 0.254 e. The summed E-state index contributed by atoms with van der Waals surface area (Å²) in [5, 5.41) is 2.40. The second kappa shape index (κ2) is 5.99.